The summed E-state index contributed by atoms with van der Waals surface area (Å²) in [5, 5.41) is 8.61. The van der Waals surface area contributed by atoms with Crippen molar-refractivity contribution in [1.29, 1.82) is 0 Å². The zero-order valence-corrected chi connectivity index (χ0v) is 6.66. The molecule has 0 unspecified atom stereocenters. The normalized spacial score (nSPS) is 32.0. The van der Waals surface area contributed by atoms with E-state index in [1.165, 1.54) is 4.90 Å². The summed E-state index contributed by atoms with van der Waals surface area (Å²) in [7, 11) is 0. The fraction of sp³-hybridized carbons (Fsp3) is 0.857. The molecular weight excluding hydrogens is 144 g/mol. The van der Waals surface area contributed by atoms with Crippen LogP contribution in [0.5, 0.6) is 0 Å². The summed E-state index contributed by atoms with van der Waals surface area (Å²) in [6.07, 6.45) is 0.0281. The number of nitrogens with zero attached hydrogens (tertiary/aromatic N) is 1. The minimum Gasteiger partial charge on any atom is -0.465 e. The largest absolute Gasteiger partial charge is 0.465 e. The highest BCUT2D eigenvalue weighted by Gasteiger charge is 2.25. The average Bonchev–Trinajstić information content (AvgIpc) is 1.94. The molecule has 1 aliphatic rings. The van der Waals surface area contributed by atoms with Gasteiger partial charge in [0, 0.05) is 19.1 Å². The van der Waals surface area contributed by atoms with Gasteiger partial charge in [0.05, 0.1) is 0 Å². The number of piperidine rings is 1. The highest BCUT2D eigenvalue weighted by molar-refractivity contribution is 5.65. The molecule has 0 saturated carbocycles. The average molecular weight is 158 g/mol. The minimum absolute atomic E-state index is 0.0137. The van der Waals surface area contributed by atoms with Crippen molar-refractivity contribution < 1.29 is 9.90 Å². The summed E-state index contributed by atoms with van der Waals surface area (Å²) in [4.78, 5) is 11.9. The van der Waals surface area contributed by atoms with Gasteiger partial charge in [-0.15, -0.1) is 0 Å². The van der Waals surface area contributed by atoms with E-state index in [9.17, 15) is 4.79 Å². The van der Waals surface area contributed by atoms with Crippen LogP contribution < -0.4 is 5.73 Å². The van der Waals surface area contributed by atoms with Gasteiger partial charge in [0.1, 0.15) is 0 Å². The van der Waals surface area contributed by atoms with Gasteiger partial charge in [0.15, 0.2) is 0 Å². The molecule has 1 saturated heterocycles. The predicted molar refractivity (Wildman–Crippen MR) is 41.4 cm³/mol. The number of nitrogens with two attached hydrogens (primary N) is 1. The van der Waals surface area contributed by atoms with E-state index in [-0.39, 0.29) is 6.04 Å². The van der Waals surface area contributed by atoms with Crippen LogP contribution in [0.25, 0.3) is 0 Å². The Balaban J connectivity index is 2.46. The first-order chi connectivity index (χ1) is 5.11. The van der Waals surface area contributed by atoms with Gasteiger partial charge in [-0.1, -0.05) is 6.92 Å². The number of hydrogen-bond acceptors (Lipinski definition) is 2. The smallest absolute Gasteiger partial charge is 0.407 e. The van der Waals surface area contributed by atoms with Gasteiger partial charge in [0.25, 0.3) is 0 Å². The van der Waals surface area contributed by atoms with Crippen molar-refractivity contribution in [2.45, 2.75) is 19.4 Å². The van der Waals surface area contributed by atoms with Gasteiger partial charge in [-0.25, -0.2) is 4.79 Å². The molecule has 2 atom stereocenters. The summed E-state index contributed by atoms with van der Waals surface area (Å²) in [5.41, 5.74) is 5.70. The topological polar surface area (TPSA) is 66.6 Å². The van der Waals surface area contributed by atoms with E-state index in [1.54, 1.807) is 0 Å². The quantitative estimate of drug-likeness (QED) is 0.534. The van der Waals surface area contributed by atoms with E-state index in [4.69, 9.17) is 10.8 Å². The molecule has 0 aromatic rings. The van der Waals surface area contributed by atoms with Crippen LogP contribution in [-0.2, 0) is 0 Å². The monoisotopic (exact) mass is 158 g/mol. The second kappa shape index (κ2) is 3.09. The fourth-order valence-electron chi connectivity index (χ4n) is 1.27. The molecule has 0 aromatic heterocycles. The van der Waals surface area contributed by atoms with Crippen molar-refractivity contribution >= 4 is 6.09 Å². The molecule has 1 rings (SSSR count). The number of hydrogen-bond donors (Lipinski definition) is 2. The van der Waals surface area contributed by atoms with Crippen molar-refractivity contribution in [3.63, 3.8) is 0 Å². The zero-order chi connectivity index (χ0) is 8.43. The van der Waals surface area contributed by atoms with Crippen LogP contribution in [0.3, 0.4) is 0 Å². The first-order valence-corrected chi connectivity index (χ1v) is 3.84. The second-order valence-corrected chi connectivity index (χ2v) is 3.16. The minimum atomic E-state index is -0.854. The highest BCUT2D eigenvalue weighted by Crippen LogP contribution is 2.14. The maximum absolute atomic E-state index is 10.5. The second-order valence-electron chi connectivity index (χ2n) is 3.16. The molecule has 0 radical (unpaired) electrons. The van der Waals surface area contributed by atoms with E-state index in [0.29, 0.717) is 19.0 Å². The molecule has 1 heterocycles. The molecule has 0 aliphatic carbocycles. The summed E-state index contributed by atoms with van der Waals surface area (Å²) < 4.78 is 0. The van der Waals surface area contributed by atoms with Crippen molar-refractivity contribution in [3.8, 4) is 0 Å². The van der Waals surface area contributed by atoms with Gasteiger partial charge >= 0.3 is 6.09 Å². The predicted octanol–water partition coefficient (Wildman–Crippen LogP) is 0.334. The van der Waals surface area contributed by atoms with Crippen LogP contribution in [0.4, 0.5) is 4.79 Å². The van der Waals surface area contributed by atoms with Crippen molar-refractivity contribution in [2.24, 2.45) is 11.7 Å². The van der Waals surface area contributed by atoms with E-state index in [1.807, 2.05) is 0 Å². The van der Waals surface area contributed by atoms with Gasteiger partial charge < -0.3 is 15.7 Å². The molecule has 64 valence electrons. The SMILES string of the molecule is C[C@@H]1CCN(C(=O)O)C[C@H]1N. The third kappa shape index (κ3) is 1.83. The Morgan fingerprint density at radius 2 is 2.36 bits per heavy atom. The lowest BCUT2D eigenvalue weighted by Gasteiger charge is -2.33. The van der Waals surface area contributed by atoms with Crippen LogP contribution in [0.2, 0.25) is 0 Å². The summed E-state index contributed by atoms with van der Waals surface area (Å²) >= 11 is 0. The zero-order valence-electron chi connectivity index (χ0n) is 6.66. The molecule has 0 aromatic carbocycles. The van der Waals surface area contributed by atoms with Gasteiger partial charge in [-0.3, -0.25) is 0 Å². The summed E-state index contributed by atoms with van der Waals surface area (Å²) in [6.45, 7) is 3.17. The standard InChI is InChI=1S/C7H14N2O2/c1-5-2-3-9(7(10)11)4-6(5)8/h5-6H,2-4,8H2,1H3,(H,10,11)/t5-,6-/m1/s1. The van der Waals surface area contributed by atoms with Crippen molar-refractivity contribution in [1.82, 2.24) is 4.90 Å². The summed E-state index contributed by atoms with van der Waals surface area (Å²) in [5.74, 6) is 0.450. The van der Waals surface area contributed by atoms with Gasteiger partial charge in [0.2, 0.25) is 0 Å². The molecule has 1 amide bonds. The lowest BCUT2D eigenvalue weighted by molar-refractivity contribution is 0.119. The van der Waals surface area contributed by atoms with Gasteiger partial charge in [-0.2, -0.15) is 0 Å². The number of amides is 1. The number of likely N-dealkylation sites (tertiary alicyclic amines) is 1. The Morgan fingerprint density at radius 3 is 2.82 bits per heavy atom. The third-order valence-electron chi connectivity index (χ3n) is 2.29. The molecule has 1 fully saturated rings. The number of rotatable bonds is 0. The Bertz CT molecular complexity index is 161. The Labute approximate surface area is 66.0 Å². The van der Waals surface area contributed by atoms with Crippen LogP contribution >= 0.6 is 0 Å². The van der Waals surface area contributed by atoms with E-state index < -0.39 is 6.09 Å². The molecular formula is C7H14N2O2. The number of carboxylic acid groups (broad SMARTS) is 1. The Kier molecular flexibility index (Phi) is 2.34. The van der Waals surface area contributed by atoms with E-state index >= 15 is 0 Å². The van der Waals surface area contributed by atoms with Crippen LogP contribution in [0.15, 0.2) is 0 Å². The van der Waals surface area contributed by atoms with E-state index in [2.05, 4.69) is 6.92 Å². The van der Waals surface area contributed by atoms with Crippen LogP contribution in [-0.4, -0.2) is 35.2 Å². The molecule has 4 nitrogen and oxygen atoms in total. The molecule has 11 heavy (non-hydrogen) atoms. The van der Waals surface area contributed by atoms with Crippen molar-refractivity contribution in [3.05, 3.63) is 0 Å². The van der Waals surface area contributed by atoms with Crippen LogP contribution in [0.1, 0.15) is 13.3 Å². The number of carbonyl (C=O) groups is 1. The highest BCUT2D eigenvalue weighted by atomic mass is 16.4. The maximum atomic E-state index is 10.5. The van der Waals surface area contributed by atoms with Crippen LogP contribution in [0, 0.1) is 5.92 Å². The first kappa shape index (κ1) is 8.33. The maximum Gasteiger partial charge on any atom is 0.407 e. The lowest BCUT2D eigenvalue weighted by Crippen LogP contribution is -2.49. The molecule has 4 heteroatoms. The molecule has 0 bridgehead atoms. The fourth-order valence-corrected chi connectivity index (χ4v) is 1.27. The Hall–Kier alpha value is -0.770. The lowest BCUT2D eigenvalue weighted by atomic mass is 9.95. The molecule has 0 spiro atoms. The molecule has 3 N–H and O–H groups in total. The Morgan fingerprint density at radius 1 is 1.73 bits per heavy atom. The first-order valence-electron chi connectivity index (χ1n) is 3.84. The third-order valence-corrected chi connectivity index (χ3v) is 2.29. The summed E-state index contributed by atoms with van der Waals surface area (Å²) in [6, 6.07) is 0.0137. The van der Waals surface area contributed by atoms with E-state index in [0.717, 1.165) is 6.42 Å². The van der Waals surface area contributed by atoms with Gasteiger partial charge in [-0.05, 0) is 12.3 Å². The molecule has 1 aliphatic heterocycles. The van der Waals surface area contributed by atoms with Crippen molar-refractivity contribution in [2.75, 3.05) is 13.1 Å².